The number of ether oxygens (including phenoxy) is 1. The lowest BCUT2D eigenvalue weighted by Gasteiger charge is -2.15. The third kappa shape index (κ3) is 5.16. The number of anilines is 1. The summed E-state index contributed by atoms with van der Waals surface area (Å²) in [5, 5.41) is 11.8. The van der Waals surface area contributed by atoms with Crippen molar-refractivity contribution in [2.45, 2.75) is 11.5 Å². The number of nitrogens with one attached hydrogen (secondary N) is 1. The van der Waals surface area contributed by atoms with Crippen LogP contribution in [-0.4, -0.2) is 44.9 Å². The number of amides is 1. The van der Waals surface area contributed by atoms with Crippen LogP contribution in [0.4, 0.5) is 5.69 Å². The minimum Gasteiger partial charge on any atom is -0.495 e. The summed E-state index contributed by atoms with van der Waals surface area (Å²) in [5.41, 5.74) is 1.78. The monoisotopic (exact) mass is 390 g/mol. The second-order valence-corrected chi connectivity index (χ2v) is 8.00. The number of carbonyl (C=O) groups excluding carboxylic acids is 1. The summed E-state index contributed by atoms with van der Waals surface area (Å²) in [6.07, 6.45) is 2.82. The number of aliphatic hydroxyl groups is 1. The molecule has 1 amide bonds. The Kier molecular flexibility index (Phi) is 6.73. The fourth-order valence-corrected chi connectivity index (χ4v) is 3.38. The van der Waals surface area contributed by atoms with Gasteiger partial charge >= 0.3 is 0 Å². The van der Waals surface area contributed by atoms with Crippen molar-refractivity contribution in [3.05, 3.63) is 59.7 Å². The van der Waals surface area contributed by atoms with Crippen molar-refractivity contribution in [2.75, 3.05) is 26.5 Å². The molecular weight excluding hydrogens is 368 g/mol. The molecule has 0 fully saturated rings. The van der Waals surface area contributed by atoms with Gasteiger partial charge < -0.3 is 15.2 Å². The molecule has 0 atom stereocenters. The van der Waals surface area contributed by atoms with Crippen LogP contribution in [0.1, 0.15) is 11.1 Å². The van der Waals surface area contributed by atoms with Gasteiger partial charge in [0.1, 0.15) is 10.6 Å². The molecule has 0 bridgehead atoms. The van der Waals surface area contributed by atoms with Crippen molar-refractivity contribution in [3.63, 3.8) is 0 Å². The number of aliphatic hydroxyl groups excluding tert-OH is 1. The summed E-state index contributed by atoms with van der Waals surface area (Å²) >= 11 is 0. The van der Waals surface area contributed by atoms with E-state index >= 15 is 0 Å². The first-order valence-corrected chi connectivity index (χ1v) is 9.51. The highest BCUT2D eigenvalue weighted by molar-refractivity contribution is 7.89. The van der Waals surface area contributed by atoms with Crippen LogP contribution < -0.4 is 10.1 Å². The van der Waals surface area contributed by atoms with Crippen molar-refractivity contribution in [1.29, 1.82) is 0 Å². The minimum absolute atomic E-state index is 0.0215. The first kappa shape index (κ1) is 20.6. The van der Waals surface area contributed by atoms with Crippen molar-refractivity contribution in [1.82, 2.24) is 4.31 Å². The van der Waals surface area contributed by atoms with Gasteiger partial charge in [-0.15, -0.1) is 0 Å². The quantitative estimate of drug-likeness (QED) is 0.706. The topological polar surface area (TPSA) is 95.9 Å². The van der Waals surface area contributed by atoms with Gasteiger partial charge in [0.25, 0.3) is 0 Å². The van der Waals surface area contributed by atoms with E-state index in [1.54, 1.807) is 36.4 Å². The van der Waals surface area contributed by atoms with Gasteiger partial charge in [-0.05, 0) is 41.5 Å². The molecule has 0 spiro atoms. The summed E-state index contributed by atoms with van der Waals surface area (Å²) in [7, 11) is 0.581. The maximum Gasteiger partial charge on any atom is 0.248 e. The molecule has 2 rings (SSSR count). The van der Waals surface area contributed by atoms with E-state index in [-0.39, 0.29) is 23.2 Å². The van der Waals surface area contributed by atoms with Gasteiger partial charge in [0.2, 0.25) is 15.9 Å². The predicted molar refractivity (Wildman–Crippen MR) is 104 cm³/mol. The van der Waals surface area contributed by atoms with Crippen LogP contribution in [0.5, 0.6) is 5.75 Å². The highest BCUT2D eigenvalue weighted by atomic mass is 32.2. The number of hydrogen-bond donors (Lipinski definition) is 2. The highest BCUT2D eigenvalue weighted by Crippen LogP contribution is 2.27. The van der Waals surface area contributed by atoms with Crippen molar-refractivity contribution in [2.24, 2.45) is 0 Å². The lowest BCUT2D eigenvalue weighted by atomic mass is 10.2. The molecule has 0 heterocycles. The van der Waals surface area contributed by atoms with E-state index in [1.165, 1.54) is 39.4 Å². The number of hydrogen-bond acceptors (Lipinski definition) is 5. The SMILES string of the molecule is COc1ccc(/C=C/C(=O)Nc2cccc(CO)c2)cc1S(=O)(=O)N(C)C. The second kappa shape index (κ2) is 8.81. The van der Waals surface area contributed by atoms with E-state index in [0.29, 0.717) is 16.8 Å². The third-order valence-electron chi connectivity index (χ3n) is 3.75. The van der Waals surface area contributed by atoms with Gasteiger partial charge in [0.15, 0.2) is 0 Å². The van der Waals surface area contributed by atoms with Crippen LogP contribution in [-0.2, 0) is 21.4 Å². The fraction of sp³-hybridized carbons (Fsp3) is 0.211. The molecule has 27 heavy (non-hydrogen) atoms. The zero-order valence-corrected chi connectivity index (χ0v) is 16.2. The average molecular weight is 390 g/mol. The normalized spacial score (nSPS) is 11.7. The van der Waals surface area contributed by atoms with Crippen LogP contribution in [0, 0.1) is 0 Å². The Hall–Kier alpha value is -2.68. The number of benzene rings is 2. The fourth-order valence-electron chi connectivity index (χ4n) is 2.30. The molecule has 0 radical (unpaired) electrons. The largest absolute Gasteiger partial charge is 0.495 e. The molecule has 144 valence electrons. The van der Waals surface area contributed by atoms with Crippen LogP contribution in [0.2, 0.25) is 0 Å². The minimum atomic E-state index is -3.69. The standard InChI is InChI=1S/C19H22N2O5S/c1-21(2)27(24,25)18-12-14(7-9-17(18)26-3)8-10-19(23)20-16-6-4-5-15(11-16)13-22/h4-12,22H,13H2,1-3H3,(H,20,23)/b10-8+. The van der Waals surface area contributed by atoms with Crippen LogP contribution in [0.3, 0.4) is 0 Å². The highest BCUT2D eigenvalue weighted by Gasteiger charge is 2.22. The number of methoxy groups -OCH3 is 1. The van der Waals surface area contributed by atoms with Gasteiger partial charge in [-0.25, -0.2) is 12.7 Å². The Labute approximate surface area is 158 Å². The molecule has 0 saturated carbocycles. The number of sulfonamides is 1. The summed E-state index contributed by atoms with van der Waals surface area (Å²) in [6.45, 7) is -0.117. The molecule has 2 aromatic carbocycles. The van der Waals surface area contributed by atoms with E-state index in [2.05, 4.69) is 5.32 Å². The van der Waals surface area contributed by atoms with E-state index in [0.717, 1.165) is 4.31 Å². The second-order valence-electron chi connectivity index (χ2n) is 5.88. The zero-order chi connectivity index (χ0) is 20.0. The number of rotatable bonds is 7. The summed E-state index contributed by atoms with van der Waals surface area (Å²) in [6, 6.07) is 11.5. The average Bonchev–Trinajstić information content (AvgIpc) is 2.66. The molecule has 2 N–H and O–H groups in total. The van der Waals surface area contributed by atoms with Gasteiger partial charge in [-0.2, -0.15) is 0 Å². The molecule has 0 aliphatic carbocycles. The first-order chi connectivity index (χ1) is 12.8. The number of nitrogens with zero attached hydrogens (tertiary/aromatic N) is 1. The van der Waals surface area contributed by atoms with Crippen LogP contribution >= 0.6 is 0 Å². The lowest BCUT2D eigenvalue weighted by molar-refractivity contribution is -0.111. The van der Waals surface area contributed by atoms with Crippen LogP contribution in [0.25, 0.3) is 6.08 Å². The molecule has 8 heteroatoms. The molecule has 0 aromatic heterocycles. The smallest absolute Gasteiger partial charge is 0.248 e. The Bertz CT molecular complexity index is 952. The summed E-state index contributed by atoms with van der Waals surface area (Å²) < 4.78 is 31.1. The van der Waals surface area contributed by atoms with Gasteiger partial charge in [-0.1, -0.05) is 18.2 Å². The molecule has 7 nitrogen and oxygen atoms in total. The Balaban J connectivity index is 2.22. The summed E-state index contributed by atoms with van der Waals surface area (Å²) in [4.78, 5) is 12.1. The maximum atomic E-state index is 12.4. The zero-order valence-electron chi connectivity index (χ0n) is 15.3. The van der Waals surface area contributed by atoms with E-state index in [4.69, 9.17) is 9.84 Å². The first-order valence-electron chi connectivity index (χ1n) is 8.07. The van der Waals surface area contributed by atoms with Crippen molar-refractivity contribution >= 4 is 27.7 Å². The molecule has 0 unspecified atom stereocenters. The Morgan fingerprint density at radius 2 is 1.96 bits per heavy atom. The van der Waals surface area contributed by atoms with E-state index in [1.807, 2.05) is 0 Å². The molecule has 2 aromatic rings. The van der Waals surface area contributed by atoms with Gasteiger partial charge in [-0.3, -0.25) is 4.79 Å². The Morgan fingerprint density at radius 1 is 1.22 bits per heavy atom. The predicted octanol–water partition coefficient (Wildman–Crippen LogP) is 2.09. The third-order valence-corrected chi connectivity index (χ3v) is 5.59. The van der Waals surface area contributed by atoms with Crippen molar-refractivity contribution in [3.8, 4) is 5.75 Å². The number of carbonyl (C=O) groups is 1. The van der Waals surface area contributed by atoms with Gasteiger partial charge in [0.05, 0.1) is 13.7 Å². The van der Waals surface area contributed by atoms with Crippen LogP contribution in [0.15, 0.2) is 53.4 Å². The molecule has 0 saturated heterocycles. The maximum absolute atomic E-state index is 12.4. The molecule has 0 aliphatic heterocycles. The van der Waals surface area contributed by atoms with E-state index < -0.39 is 10.0 Å². The van der Waals surface area contributed by atoms with Crippen molar-refractivity contribution < 1.29 is 23.1 Å². The Morgan fingerprint density at radius 3 is 2.59 bits per heavy atom. The van der Waals surface area contributed by atoms with E-state index in [9.17, 15) is 13.2 Å². The van der Waals surface area contributed by atoms with Gasteiger partial charge in [0, 0.05) is 25.9 Å². The molecular formula is C19H22N2O5S. The summed E-state index contributed by atoms with van der Waals surface area (Å²) in [5.74, 6) is -0.149. The molecule has 0 aliphatic rings. The lowest BCUT2D eigenvalue weighted by Crippen LogP contribution is -2.22.